The minimum Gasteiger partial charge on any atom is -0.481 e. The van der Waals surface area contributed by atoms with Crippen LogP contribution in [0.25, 0.3) is 0 Å². The predicted molar refractivity (Wildman–Crippen MR) is 194 cm³/mol. The smallest absolute Gasteiger partial charge is 0.329 e. The van der Waals surface area contributed by atoms with Crippen molar-refractivity contribution < 1.29 is 61.5 Å². The van der Waals surface area contributed by atoms with E-state index in [2.05, 4.69) is 15.6 Å². The number of hydrogen-bond acceptors (Lipinski definition) is 12. The summed E-state index contributed by atoms with van der Waals surface area (Å²) in [5.74, 6) is -1.84. The summed E-state index contributed by atoms with van der Waals surface area (Å²) >= 11 is 0. The summed E-state index contributed by atoms with van der Waals surface area (Å²) in [6, 6.07) is 16.6. The minimum absolute atomic E-state index is 0.103. The summed E-state index contributed by atoms with van der Waals surface area (Å²) in [5, 5.41) is 22.5. The Labute approximate surface area is 314 Å². The van der Waals surface area contributed by atoms with Gasteiger partial charge in [0.25, 0.3) is 5.91 Å². The zero-order valence-corrected chi connectivity index (χ0v) is 30.7. The highest BCUT2D eigenvalue weighted by atomic mass is 32.2. The largest absolute Gasteiger partial charge is 0.481 e. The number of aryl methyl sites for hydroxylation is 1. The van der Waals surface area contributed by atoms with E-state index in [0.717, 1.165) is 24.8 Å². The molecular weight excluding hydrogens is 726 g/mol. The second-order valence-electron chi connectivity index (χ2n) is 11.8. The molecule has 0 spiro atoms. The van der Waals surface area contributed by atoms with Crippen molar-refractivity contribution in [3.8, 4) is 11.5 Å². The van der Waals surface area contributed by atoms with Gasteiger partial charge in [0.2, 0.25) is 5.91 Å². The Kier molecular flexibility index (Phi) is 19.6. The van der Waals surface area contributed by atoms with Crippen molar-refractivity contribution in [2.45, 2.75) is 42.8 Å². The van der Waals surface area contributed by atoms with Crippen LogP contribution in [-0.2, 0) is 55.3 Å². The number of sulfone groups is 1. The number of ether oxygens (including phenoxy) is 5. The van der Waals surface area contributed by atoms with Crippen LogP contribution in [0.5, 0.6) is 11.5 Å². The summed E-state index contributed by atoms with van der Waals surface area (Å²) < 4.78 is 52.6. The van der Waals surface area contributed by atoms with Crippen LogP contribution in [0.3, 0.4) is 0 Å². The summed E-state index contributed by atoms with van der Waals surface area (Å²) in [6.07, 6.45) is 4.75. The third-order valence-corrected chi connectivity index (χ3v) is 9.09. The van der Waals surface area contributed by atoms with Gasteiger partial charge in [-0.25, -0.2) is 13.2 Å². The molecule has 2 amide bonds. The molecule has 54 heavy (non-hydrogen) atoms. The topological polar surface area (TPSA) is 226 Å². The second kappa shape index (κ2) is 24.4. The van der Waals surface area contributed by atoms with Crippen LogP contribution in [0.4, 0.5) is 0 Å². The van der Waals surface area contributed by atoms with Gasteiger partial charge in [-0.3, -0.25) is 19.4 Å². The number of unbranched alkanes of at least 4 members (excludes halogenated alkanes) is 2. The van der Waals surface area contributed by atoms with Gasteiger partial charge in [0.05, 0.1) is 61.5 Å². The lowest BCUT2D eigenvalue weighted by Gasteiger charge is -2.09. The Hall–Kier alpha value is -4.94. The van der Waals surface area contributed by atoms with Crippen LogP contribution in [-0.4, -0.2) is 113 Å². The van der Waals surface area contributed by atoms with Crippen LogP contribution < -0.4 is 15.4 Å². The fourth-order valence-electron chi connectivity index (χ4n) is 4.70. The fraction of sp³-hybridized carbons (Fsp3) is 0.432. The van der Waals surface area contributed by atoms with E-state index < -0.39 is 34.3 Å². The molecule has 0 aliphatic rings. The maximum atomic E-state index is 13.0. The third-order valence-electron chi connectivity index (χ3n) is 7.43. The van der Waals surface area contributed by atoms with Crippen LogP contribution in [0.15, 0.2) is 71.8 Å². The van der Waals surface area contributed by atoms with Crippen molar-refractivity contribution in [1.29, 1.82) is 0 Å². The van der Waals surface area contributed by atoms with Crippen LogP contribution in [0.2, 0.25) is 0 Å². The first-order chi connectivity index (χ1) is 26.0. The van der Waals surface area contributed by atoms with Crippen molar-refractivity contribution in [2.24, 2.45) is 0 Å². The van der Waals surface area contributed by atoms with Crippen LogP contribution in [0.1, 0.15) is 47.3 Å². The van der Waals surface area contributed by atoms with Gasteiger partial charge in [-0.2, -0.15) is 0 Å². The average molecular weight is 774 g/mol. The molecule has 0 aliphatic carbocycles. The first-order valence-corrected chi connectivity index (χ1v) is 19.0. The number of carbonyl (C=O) groups excluding carboxylic acids is 2. The van der Waals surface area contributed by atoms with E-state index in [-0.39, 0.29) is 93.6 Å². The van der Waals surface area contributed by atoms with Crippen molar-refractivity contribution in [1.82, 2.24) is 15.6 Å². The lowest BCUT2D eigenvalue weighted by atomic mass is 10.1. The number of benzene rings is 2. The van der Waals surface area contributed by atoms with E-state index in [1.165, 1.54) is 30.5 Å². The highest BCUT2D eigenvalue weighted by Crippen LogP contribution is 2.25. The standard InChI is InChI=1S/C37H47N3O13S/c41-34(38-16-18-49-21-23-52-26-36(44)45)25-51-22-20-50-19-17-39-37(46)29-8-9-30(40-24-29)27-54(47,48)33-14-12-32(13-15-33)53-31-10-6-28(7-11-31)4-2-1-3-5-35(42)43/h6-15,24H,1-5,16-23,25-27H2,(H,38,41)(H,39,46)(H,42,43)(H,44,45). The molecule has 0 fully saturated rings. The lowest BCUT2D eigenvalue weighted by Crippen LogP contribution is -2.31. The number of carboxylic acid groups (broad SMARTS) is 2. The summed E-state index contributed by atoms with van der Waals surface area (Å²) in [5.41, 5.74) is 1.65. The van der Waals surface area contributed by atoms with Gasteiger partial charge >= 0.3 is 11.9 Å². The first kappa shape index (κ1) is 43.5. The van der Waals surface area contributed by atoms with Gasteiger partial charge in [-0.1, -0.05) is 18.6 Å². The number of carboxylic acids is 2. The number of aliphatic carboxylic acids is 2. The molecule has 0 saturated carbocycles. The lowest BCUT2D eigenvalue weighted by molar-refractivity contribution is -0.143. The molecule has 16 nitrogen and oxygen atoms in total. The number of nitrogens with zero attached hydrogens (tertiary/aromatic N) is 1. The SMILES string of the molecule is O=C(O)CCCCCc1ccc(Oc2ccc(S(=O)(=O)Cc3ccc(C(=O)NCCOCCOCC(=O)NCCOCCOCC(=O)O)cn3)cc2)cc1. The molecule has 3 rings (SSSR count). The van der Waals surface area contributed by atoms with E-state index in [9.17, 15) is 27.6 Å². The second-order valence-corrected chi connectivity index (χ2v) is 13.8. The van der Waals surface area contributed by atoms with Crippen molar-refractivity contribution in [3.05, 3.63) is 83.7 Å². The van der Waals surface area contributed by atoms with Crippen molar-refractivity contribution in [2.75, 3.05) is 65.9 Å². The fourth-order valence-corrected chi connectivity index (χ4v) is 5.97. The molecule has 0 bridgehead atoms. The quantitative estimate of drug-likeness (QED) is 0.0779. The first-order valence-electron chi connectivity index (χ1n) is 17.4. The third kappa shape index (κ3) is 18.2. The van der Waals surface area contributed by atoms with E-state index in [1.807, 2.05) is 24.3 Å². The number of carbonyl (C=O) groups is 4. The number of pyridine rings is 1. The monoisotopic (exact) mass is 773 g/mol. The van der Waals surface area contributed by atoms with Crippen LogP contribution in [0, 0.1) is 0 Å². The van der Waals surface area contributed by atoms with E-state index in [1.54, 1.807) is 12.1 Å². The van der Waals surface area contributed by atoms with Gasteiger partial charge in [0, 0.05) is 25.7 Å². The molecule has 1 aromatic heterocycles. The molecule has 1 heterocycles. The van der Waals surface area contributed by atoms with Gasteiger partial charge in [0.15, 0.2) is 9.84 Å². The number of hydrogen-bond donors (Lipinski definition) is 4. The predicted octanol–water partition coefficient (Wildman–Crippen LogP) is 3.03. The normalized spacial score (nSPS) is 11.2. The highest BCUT2D eigenvalue weighted by Gasteiger charge is 2.17. The van der Waals surface area contributed by atoms with Gasteiger partial charge < -0.3 is 44.5 Å². The molecule has 294 valence electrons. The Balaban J connectivity index is 1.27. The maximum absolute atomic E-state index is 13.0. The number of nitrogens with one attached hydrogen (secondary N) is 2. The van der Waals surface area contributed by atoms with E-state index >= 15 is 0 Å². The summed E-state index contributed by atoms with van der Waals surface area (Å²) in [4.78, 5) is 49.4. The van der Waals surface area contributed by atoms with Gasteiger partial charge in [-0.05, 0) is 73.4 Å². The average Bonchev–Trinajstić information content (AvgIpc) is 3.14. The maximum Gasteiger partial charge on any atom is 0.329 e. The van der Waals surface area contributed by atoms with Crippen molar-refractivity contribution in [3.63, 3.8) is 0 Å². The Morgan fingerprint density at radius 1 is 0.648 bits per heavy atom. The van der Waals surface area contributed by atoms with Gasteiger partial charge in [0.1, 0.15) is 24.7 Å². The van der Waals surface area contributed by atoms with E-state index in [4.69, 9.17) is 33.9 Å². The molecule has 2 aromatic carbocycles. The Bertz CT molecular complexity index is 1700. The zero-order chi connectivity index (χ0) is 39.0. The van der Waals surface area contributed by atoms with Crippen molar-refractivity contribution >= 4 is 33.6 Å². The summed E-state index contributed by atoms with van der Waals surface area (Å²) in [6.45, 7) is 1.09. The molecule has 0 aliphatic heterocycles. The number of rotatable bonds is 28. The number of amides is 2. The molecule has 0 atom stereocenters. The molecule has 3 aromatic rings. The molecule has 17 heteroatoms. The molecule has 0 radical (unpaired) electrons. The Morgan fingerprint density at radius 2 is 1.26 bits per heavy atom. The minimum atomic E-state index is -3.73. The zero-order valence-electron chi connectivity index (χ0n) is 29.9. The molecule has 0 unspecified atom stereocenters. The van der Waals surface area contributed by atoms with Crippen LogP contribution >= 0.6 is 0 Å². The number of aromatic nitrogens is 1. The van der Waals surface area contributed by atoms with E-state index in [0.29, 0.717) is 17.9 Å². The van der Waals surface area contributed by atoms with Gasteiger partial charge in [-0.15, -0.1) is 0 Å². The Morgan fingerprint density at radius 3 is 1.87 bits per heavy atom. The summed E-state index contributed by atoms with van der Waals surface area (Å²) in [7, 11) is -3.73. The molecular formula is C37H47N3O13S. The molecule has 4 N–H and O–H groups in total. The molecule has 0 saturated heterocycles. The highest BCUT2D eigenvalue weighted by molar-refractivity contribution is 7.90.